The SMILES string of the molecule is O=C(N[C@H](Cc1c[nH]c2ccccc12)C(=O)N1CCCC1)c1cccs1. The van der Waals surface area contributed by atoms with Crippen LogP contribution in [-0.2, 0) is 11.2 Å². The van der Waals surface area contributed by atoms with Gasteiger partial charge >= 0.3 is 0 Å². The Kier molecular flexibility index (Phi) is 4.75. The smallest absolute Gasteiger partial charge is 0.262 e. The van der Waals surface area contributed by atoms with Gasteiger partial charge in [0.15, 0.2) is 0 Å². The van der Waals surface area contributed by atoms with Crippen LogP contribution in [-0.4, -0.2) is 40.8 Å². The summed E-state index contributed by atoms with van der Waals surface area (Å²) in [5.74, 6) is -0.171. The number of hydrogen-bond acceptors (Lipinski definition) is 3. The number of rotatable bonds is 5. The minimum atomic E-state index is -0.554. The molecule has 1 saturated heterocycles. The highest BCUT2D eigenvalue weighted by Gasteiger charge is 2.29. The van der Waals surface area contributed by atoms with Crippen LogP contribution in [0.4, 0.5) is 0 Å². The van der Waals surface area contributed by atoms with Gasteiger partial charge in [0, 0.05) is 36.6 Å². The van der Waals surface area contributed by atoms with Gasteiger partial charge in [-0.15, -0.1) is 11.3 Å². The highest BCUT2D eigenvalue weighted by atomic mass is 32.1. The van der Waals surface area contributed by atoms with E-state index in [-0.39, 0.29) is 11.8 Å². The van der Waals surface area contributed by atoms with Crippen molar-refractivity contribution in [1.82, 2.24) is 15.2 Å². The van der Waals surface area contributed by atoms with Crippen LogP contribution in [0.15, 0.2) is 48.0 Å². The number of benzene rings is 1. The monoisotopic (exact) mass is 367 g/mol. The Bertz CT molecular complexity index is 910. The zero-order valence-corrected chi connectivity index (χ0v) is 15.2. The Hall–Kier alpha value is -2.60. The minimum absolute atomic E-state index is 0.0117. The van der Waals surface area contributed by atoms with Gasteiger partial charge < -0.3 is 15.2 Å². The molecule has 5 nitrogen and oxygen atoms in total. The Morgan fingerprint density at radius 3 is 2.73 bits per heavy atom. The third-order valence-corrected chi connectivity index (χ3v) is 5.73. The van der Waals surface area contributed by atoms with Gasteiger partial charge in [0.2, 0.25) is 5.91 Å². The maximum absolute atomic E-state index is 13.0. The average molecular weight is 367 g/mol. The number of aromatic amines is 1. The van der Waals surface area contributed by atoms with E-state index in [9.17, 15) is 9.59 Å². The molecule has 26 heavy (non-hydrogen) atoms. The molecule has 134 valence electrons. The average Bonchev–Trinajstić information content (AvgIpc) is 3.41. The quantitative estimate of drug-likeness (QED) is 0.727. The third-order valence-electron chi connectivity index (χ3n) is 4.87. The number of nitrogens with one attached hydrogen (secondary N) is 2. The van der Waals surface area contributed by atoms with Gasteiger partial charge in [-0.05, 0) is 35.9 Å². The summed E-state index contributed by atoms with van der Waals surface area (Å²) in [6.45, 7) is 1.55. The van der Waals surface area contributed by atoms with E-state index in [0.717, 1.165) is 42.4 Å². The molecule has 2 amide bonds. The van der Waals surface area contributed by atoms with E-state index >= 15 is 0 Å². The molecule has 1 aliphatic heterocycles. The first kappa shape index (κ1) is 16.8. The van der Waals surface area contributed by atoms with Crippen LogP contribution in [0.25, 0.3) is 10.9 Å². The number of thiophene rings is 1. The van der Waals surface area contributed by atoms with Crippen LogP contribution in [0.5, 0.6) is 0 Å². The molecule has 3 aromatic rings. The van der Waals surface area contributed by atoms with Crippen LogP contribution < -0.4 is 5.32 Å². The number of fused-ring (bicyclic) bond motifs is 1. The fourth-order valence-electron chi connectivity index (χ4n) is 3.52. The molecule has 0 aliphatic carbocycles. The van der Waals surface area contributed by atoms with Gasteiger partial charge in [-0.3, -0.25) is 9.59 Å². The van der Waals surface area contributed by atoms with Crippen molar-refractivity contribution in [3.63, 3.8) is 0 Å². The van der Waals surface area contributed by atoms with Gasteiger partial charge in [-0.1, -0.05) is 24.3 Å². The van der Waals surface area contributed by atoms with Crippen molar-refractivity contribution in [1.29, 1.82) is 0 Å². The Morgan fingerprint density at radius 2 is 1.96 bits per heavy atom. The van der Waals surface area contributed by atoms with Crippen LogP contribution in [0.2, 0.25) is 0 Å². The van der Waals surface area contributed by atoms with Gasteiger partial charge in [0.25, 0.3) is 5.91 Å². The lowest BCUT2D eigenvalue weighted by atomic mass is 10.0. The zero-order chi connectivity index (χ0) is 17.9. The topological polar surface area (TPSA) is 65.2 Å². The largest absolute Gasteiger partial charge is 0.361 e. The third kappa shape index (κ3) is 3.37. The van der Waals surface area contributed by atoms with Gasteiger partial charge in [0.1, 0.15) is 6.04 Å². The number of nitrogens with zero attached hydrogens (tertiary/aromatic N) is 1. The predicted molar refractivity (Wildman–Crippen MR) is 103 cm³/mol. The fourth-order valence-corrected chi connectivity index (χ4v) is 4.14. The summed E-state index contributed by atoms with van der Waals surface area (Å²) in [6, 6.07) is 11.1. The standard InChI is InChI=1S/C20H21N3O2S/c24-19(18-8-5-11-26-18)22-17(20(25)23-9-3-4-10-23)12-14-13-21-16-7-2-1-6-15(14)16/h1-2,5-8,11,13,17,21H,3-4,9-10,12H2,(H,22,24)/t17-/m1/s1. The van der Waals surface area contributed by atoms with E-state index in [2.05, 4.69) is 10.3 Å². The maximum Gasteiger partial charge on any atom is 0.262 e. The molecule has 1 atom stereocenters. The Morgan fingerprint density at radius 1 is 1.15 bits per heavy atom. The van der Waals surface area contributed by atoms with Crippen molar-refractivity contribution >= 4 is 34.1 Å². The zero-order valence-electron chi connectivity index (χ0n) is 14.4. The first-order valence-corrected chi connectivity index (χ1v) is 9.78. The van der Waals surface area contributed by atoms with Crippen LogP contribution in [0.1, 0.15) is 28.1 Å². The summed E-state index contributed by atoms with van der Waals surface area (Å²) in [6.07, 6.45) is 4.48. The van der Waals surface area contributed by atoms with E-state index in [1.54, 1.807) is 6.07 Å². The summed E-state index contributed by atoms with van der Waals surface area (Å²) in [7, 11) is 0. The van der Waals surface area contributed by atoms with Gasteiger partial charge in [0.05, 0.1) is 4.88 Å². The summed E-state index contributed by atoms with van der Waals surface area (Å²) in [4.78, 5) is 31.3. The summed E-state index contributed by atoms with van der Waals surface area (Å²) < 4.78 is 0. The second kappa shape index (κ2) is 7.33. The number of para-hydroxylation sites is 1. The second-order valence-corrected chi connectivity index (χ2v) is 7.55. The second-order valence-electron chi connectivity index (χ2n) is 6.60. The summed E-state index contributed by atoms with van der Waals surface area (Å²) in [5.41, 5.74) is 2.09. The van der Waals surface area contributed by atoms with Crippen molar-refractivity contribution in [2.75, 3.05) is 13.1 Å². The van der Waals surface area contributed by atoms with E-state index in [1.807, 2.05) is 46.8 Å². The molecule has 0 spiro atoms. The molecule has 0 radical (unpaired) electrons. The Balaban J connectivity index is 1.59. The normalized spacial score (nSPS) is 15.3. The molecule has 0 saturated carbocycles. The molecule has 2 N–H and O–H groups in total. The molecule has 3 heterocycles. The molecule has 1 fully saturated rings. The van der Waals surface area contributed by atoms with Crippen molar-refractivity contribution < 1.29 is 9.59 Å². The molecule has 2 aromatic heterocycles. The van der Waals surface area contributed by atoms with E-state index in [4.69, 9.17) is 0 Å². The molecule has 0 unspecified atom stereocenters. The van der Waals surface area contributed by atoms with Crippen LogP contribution in [0.3, 0.4) is 0 Å². The molecule has 0 bridgehead atoms. The van der Waals surface area contributed by atoms with Crippen molar-refractivity contribution in [2.24, 2.45) is 0 Å². The fraction of sp³-hybridized carbons (Fsp3) is 0.300. The van der Waals surface area contributed by atoms with Gasteiger partial charge in [-0.2, -0.15) is 0 Å². The number of likely N-dealkylation sites (tertiary alicyclic amines) is 1. The summed E-state index contributed by atoms with van der Waals surface area (Å²) >= 11 is 1.38. The summed E-state index contributed by atoms with van der Waals surface area (Å²) in [5, 5.41) is 5.93. The molecular weight excluding hydrogens is 346 g/mol. The van der Waals surface area contributed by atoms with E-state index in [0.29, 0.717) is 11.3 Å². The number of hydrogen-bond donors (Lipinski definition) is 2. The highest BCUT2D eigenvalue weighted by molar-refractivity contribution is 7.12. The Labute approximate surface area is 156 Å². The van der Waals surface area contributed by atoms with E-state index < -0.39 is 6.04 Å². The number of carbonyl (C=O) groups is 2. The predicted octanol–water partition coefficient (Wildman–Crippen LogP) is 3.19. The van der Waals surface area contributed by atoms with Crippen molar-refractivity contribution in [2.45, 2.75) is 25.3 Å². The van der Waals surface area contributed by atoms with Crippen molar-refractivity contribution in [3.05, 3.63) is 58.4 Å². The lowest BCUT2D eigenvalue weighted by Gasteiger charge is -2.24. The maximum atomic E-state index is 13.0. The number of aromatic nitrogens is 1. The first-order valence-electron chi connectivity index (χ1n) is 8.90. The van der Waals surface area contributed by atoms with Crippen LogP contribution in [0, 0.1) is 0 Å². The lowest BCUT2D eigenvalue weighted by Crippen LogP contribution is -2.48. The molecular formula is C20H21N3O2S. The molecule has 4 rings (SSSR count). The molecule has 1 aliphatic rings. The van der Waals surface area contributed by atoms with Crippen LogP contribution >= 0.6 is 11.3 Å². The lowest BCUT2D eigenvalue weighted by molar-refractivity contribution is -0.132. The van der Waals surface area contributed by atoms with Crippen molar-refractivity contribution in [3.8, 4) is 0 Å². The number of carbonyl (C=O) groups excluding carboxylic acids is 2. The number of H-pyrrole nitrogens is 1. The van der Waals surface area contributed by atoms with E-state index in [1.165, 1.54) is 11.3 Å². The number of amides is 2. The molecule has 1 aromatic carbocycles. The molecule has 6 heteroatoms. The minimum Gasteiger partial charge on any atom is -0.361 e. The highest BCUT2D eigenvalue weighted by Crippen LogP contribution is 2.21. The first-order chi connectivity index (χ1) is 12.7. The van der Waals surface area contributed by atoms with Gasteiger partial charge in [-0.25, -0.2) is 0 Å².